The van der Waals surface area contributed by atoms with Crippen molar-refractivity contribution in [2.24, 2.45) is 0 Å². The topological polar surface area (TPSA) is 139 Å². The van der Waals surface area contributed by atoms with Crippen LogP contribution in [-0.4, -0.2) is 55.3 Å². The number of nitrogens with zero attached hydrogens (tertiary/aromatic N) is 3. The second kappa shape index (κ2) is 14.2. The lowest BCUT2D eigenvalue weighted by Gasteiger charge is -2.35. The van der Waals surface area contributed by atoms with Crippen LogP contribution in [0.2, 0.25) is 5.02 Å². The van der Waals surface area contributed by atoms with Gasteiger partial charge in [-0.15, -0.1) is 0 Å². The van der Waals surface area contributed by atoms with Gasteiger partial charge in [0.05, 0.1) is 22.6 Å². The van der Waals surface area contributed by atoms with Crippen molar-refractivity contribution >= 4 is 44.8 Å². The van der Waals surface area contributed by atoms with Gasteiger partial charge in [-0.25, -0.2) is 12.8 Å². The van der Waals surface area contributed by atoms with Crippen LogP contribution in [0, 0.1) is 22.9 Å². The summed E-state index contributed by atoms with van der Waals surface area (Å²) in [6, 6.07) is 11.9. The van der Waals surface area contributed by atoms with Gasteiger partial charge < -0.3 is 15.0 Å². The van der Waals surface area contributed by atoms with E-state index in [4.69, 9.17) is 16.3 Å². The Morgan fingerprint density at radius 2 is 1.73 bits per heavy atom. The molecule has 0 unspecified atom stereocenters. The van der Waals surface area contributed by atoms with Crippen LogP contribution < -0.4 is 14.4 Å². The fraction of sp³-hybridized carbons (Fsp3) is 0.355. The van der Waals surface area contributed by atoms with Crippen molar-refractivity contribution in [2.75, 3.05) is 18.0 Å². The van der Waals surface area contributed by atoms with Crippen LogP contribution in [0.5, 0.6) is 5.75 Å². The molecule has 0 spiro atoms. The van der Waals surface area contributed by atoms with Gasteiger partial charge in [0.2, 0.25) is 11.8 Å². The molecule has 0 saturated carbocycles. The SMILES string of the molecule is CC[C@H](C(=O)NC(C)(C)C)N(Cc1ccc(F)cc1)C(=O)CN(c1cc(Cl)ccc1OC)S(=O)(=O)c1ccc(C)c([N+](=O)[O-])c1. The highest BCUT2D eigenvalue weighted by molar-refractivity contribution is 7.92. The van der Waals surface area contributed by atoms with E-state index in [1.54, 1.807) is 27.7 Å². The Balaban J connectivity index is 2.20. The number of nitrogens with one attached hydrogen (secondary N) is 1. The molecule has 11 nitrogen and oxygen atoms in total. The van der Waals surface area contributed by atoms with Crippen molar-refractivity contribution in [3.8, 4) is 5.75 Å². The van der Waals surface area contributed by atoms with Crippen molar-refractivity contribution in [3.05, 3.63) is 92.7 Å². The van der Waals surface area contributed by atoms with E-state index in [2.05, 4.69) is 5.32 Å². The number of hydrogen-bond acceptors (Lipinski definition) is 7. The molecule has 0 bridgehead atoms. The predicted octanol–water partition coefficient (Wildman–Crippen LogP) is 5.62. The van der Waals surface area contributed by atoms with Crippen LogP contribution >= 0.6 is 11.6 Å². The Morgan fingerprint density at radius 1 is 1.09 bits per heavy atom. The van der Waals surface area contributed by atoms with E-state index in [-0.39, 0.29) is 35.0 Å². The van der Waals surface area contributed by atoms with E-state index in [9.17, 15) is 32.5 Å². The zero-order chi connectivity index (χ0) is 33.7. The summed E-state index contributed by atoms with van der Waals surface area (Å²) in [4.78, 5) is 39.4. The minimum Gasteiger partial charge on any atom is -0.495 e. The first-order valence-corrected chi connectivity index (χ1v) is 15.8. The average Bonchev–Trinajstić information content (AvgIpc) is 2.95. The number of hydrogen-bond donors (Lipinski definition) is 1. The third kappa shape index (κ3) is 8.70. The van der Waals surface area contributed by atoms with Crippen molar-refractivity contribution in [1.29, 1.82) is 0 Å². The minimum atomic E-state index is -4.67. The van der Waals surface area contributed by atoms with Gasteiger partial charge in [-0.3, -0.25) is 24.0 Å². The fourth-order valence-corrected chi connectivity index (χ4v) is 6.21. The Bertz CT molecular complexity index is 1680. The van der Waals surface area contributed by atoms with Crippen LogP contribution in [0.3, 0.4) is 0 Å². The maximum Gasteiger partial charge on any atom is 0.273 e. The molecule has 0 heterocycles. The number of nitro groups is 1. The Hall–Kier alpha value is -4.23. The van der Waals surface area contributed by atoms with Crippen molar-refractivity contribution in [2.45, 2.75) is 64.1 Å². The molecule has 3 aromatic carbocycles. The first kappa shape index (κ1) is 35.3. The quantitative estimate of drug-likeness (QED) is 0.196. The Morgan fingerprint density at radius 3 is 2.29 bits per heavy atom. The highest BCUT2D eigenvalue weighted by atomic mass is 35.5. The van der Waals surface area contributed by atoms with Gasteiger partial charge in [0.25, 0.3) is 15.7 Å². The summed E-state index contributed by atoms with van der Waals surface area (Å²) < 4.78 is 48.3. The molecular weight excluding hydrogens is 627 g/mol. The highest BCUT2D eigenvalue weighted by Gasteiger charge is 2.36. The molecule has 3 aromatic rings. The van der Waals surface area contributed by atoms with Crippen LogP contribution in [0.4, 0.5) is 15.8 Å². The van der Waals surface area contributed by atoms with Gasteiger partial charge in [0.15, 0.2) is 0 Å². The smallest absolute Gasteiger partial charge is 0.273 e. The first-order chi connectivity index (χ1) is 21.0. The number of ether oxygens (including phenoxy) is 1. The molecule has 45 heavy (non-hydrogen) atoms. The minimum absolute atomic E-state index is 0.0555. The van der Waals surface area contributed by atoms with Gasteiger partial charge in [-0.2, -0.15) is 0 Å². The molecule has 3 rings (SSSR count). The number of halogens is 2. The number of nitro benzene ring substituents is 1. The summed E-state index contributed by atoms with van der Waals surface area (Å²) in [6.45, 7) is 7.54. The van der Waals surface area contributed by atoms with Crippen LogP contribution in [0.15, 0.2) is 65.6 Å². The predicted molar refractivity (Wildman–Crippen MR) is 169 cm³/mol. The summed E-state index contributed by atoms with van der Waals surface area (Å²) in [5, 5.41) is 14.7. The van der Waals surface area contributed by atoms with Crippen LogP contribution in [0.25, 0.3) is 0 Å². The largest absolute Gasteiger partial charge is 0.495 e. The number of rotatable bonds is 12. The molecule has 2 amide bonds. The Kier molecular flexibility index (Phi) is 11.2. The lowest BCUT2D eigenvalue weighted by molar-refractivity contribution is -0.385. The maximum atomic E-state index is 14.2. The van der Waals surface area contributed by atoms with E-state index in [0.29, 0.717) is 5.56 Å². The molecule has 0 radical (unpaired) electrons. The second-order valence-corrected chi connectivity index (χ2v) is 13.6. The van der Waals surface area contributed by atoms with Crippen molar-refractivity contribution in [1.82, 2.24) is 10.2 Å². The molecule has 0 aliphatic rings. The number of anilines is 1. The zero-order valence-corrected chi connectivity index (χ0v) is 27.4. The highest BCUT2D eigenvalue weighted by Crippen LogP contribution is 2.36. The molecule has 0 aliphatic carbocycles. The number of carbonyl (C=O) groups is 2. The number of carbonyl (C=O) groups excluding carboxylic acids is 2. The van der Waals surface area contributed by atoms with E-state index in [1.807, 2.05) is 0 Å². The summed E-state index contributed by atoms with van der Waals surface area (Å²) in [7, 11) is -3.37. The molecule has 1 N–H and O–H groups in total. The third-order valence-electron chi connectivity index (χ3n) is 6.80. The molecule has 1 atom stereocenters. The van der Waals surface area contributed by atoms with Gasteiger partial charge in [0.1, 0.15) is 24.2 Å². The Labute approximate surface area is 267 Å². The molecule has 0 saturated heterocycles. The number of amides is 2. The molecule has 0 aliphatic heterocycles. The molecule has 14 heteroatoms. The summed E-state index contributed by atoms with van der Waals surface area (Å²) in [6.07, 6.45) is 0.173. The average molecular weight is 663 g/mol. The van der Waals surface area contributed by atoms with Gasteiger partial charge in [0, 0.05) is 28.7 Å². The maximum absolute atomic E-state index is 14.2. The second-order valence-electron chi connectivity index (χ2n) is 11.3. The van der Waals surface area contributed by atoms with E-state index < -0.39 is 61.3 Å². The van der Waals surface area contributed by atoms with Crippen LogP contribution in [-0.2, 0) is 26.2 Å². The summed E-state index contributed by atoms with van der Waals surface area (Å²) >= 11 is 6.25. The van der Waals surface area contributed by atoms with Gasteiger partial charge >= 0.3 is 0 Å². The standard InChI is InChI=1S/C31H36ClFN4O7S/c1-7-25(30(39)34-31(3,4)5)35(18-21-9-12-23(33)13-10-21)29(38)19-36(27-16-22(32)11-15-28(27)44-6)45(42,43)24-14-8-20(2)26(17-24)37(40)41/h8-17,25H,7,18-19H2,1-6H3,(H,34,39)/t25-/m1/s1. The lowest BCUT2D eigenvalue weighted by atomic mass is 10.1. The fourth-order valence-electron chi connectivity index (χ4n) is 4.60. The number of methoxy groups -OCH3 is 1. The molecular formula is C31H36ClFN4O7S. The summed E-state index contributed by atoms with van der Waals surface area (Å²) in [5.41, 5.74) is -0.434. The third-order valence-corrected chi connectivity index (χ3v) is 8.79. The van der Waals surface area contributed by atoms with Gasteiger partial charge in [-0.1, -0.05) is 36.7 Å². The molecule has 0 aromatic heterocycles. The first-order valence-electron chi connectivity index (χ1n) is 14.0. The summed E-state index contributed by atoms with van der Waals surface area (Å²) in [5.74, 6) is -1.68. The zero-order valence-electron chi connectivity index (χ0n) is 25.8. The van der Waals surface area contributed by atoms with E-state index in [0.717, 1.165) is 10.4 Å². The number of aryl methyl sites for hydroxylation is 1. The normalized spacial score (nSPS) is 12.3. The van der Waals surface area contributed by atoms with E-state index in [1.165, 1.54) is 73.5 Å². The molecule has 0 fully saturated rings. The lowest BCUT2D eigenvalue weighted by Crippen LogP contribution is -2.55. The van der Waals surface area contributed by atoms with Crippen molar-refractivity contribution in [3.63, 3.8) is 0 Å². The van der Waals surface area contributed by atoms with Crippen molar-refractivity contribution < 1.29 is 32.1 Å². The van der Waals surface area contributed by atoms with Gasteiger partial charge in [-0.05, 0) is 76.1 Å². The molecule has 242 valence electrons. The monoisotopic (exact) mass is 662 g/mol. The number of sulfonamides is 1. The van der Waals surface area contributed by atoms with Crippen LogP contribution in [0.1, 0.15) is 45.2 Å². The number of benzene rings is 3. The van der Waals surface area contributed by atoms with E-state index >= 15 is 0 Å².